The van der Waals surface area contributed by atoms with Gasteiger partial charge in [0, 0.05) is 17.8 Å². The first-order chi connectivity index (χ1) is 10.1. The number of hydrogen-bond donors (Lipinski definition) is 3. The van der Waals surface area contributed by atoms with Crippen LogP contribution in [0.4, 0.5) is 5.69 Å². The third-order valence-corrected chi connectivity index (χ3v) is 3.93. The number of hydrogen-bond acceptors (Lipinski definition) is 4. The largest absolute Gasteiger partial charge is 0.399 e. The first kappa shape index (κ1) is 15.1. The first-order valence-corrected chi connectivity index (χ1v) is 7.42. The van der Waals surface area contributed by atoms with Crippen LogP contribution in [-0.4, -0.2) is 18.4 Å². The molecule has 0 spiro atoms. The van der Waals surface area contributed by atoms with E-state index in [-0.39, 0.29) is 18.4 Å². The van der Waals surface area contributed by atoms with E-state index in [0.717, 1.165) is 11.1 Å². The smallest absolute Gasteiger partial charge is 0.251 e. The lowest BCUT2D eigenvalue weighted by atomic mass is 10.2. The van der Waals surface area contributed by atoms with Gasteiger partial charge in [-0.2, -0.15) is 11.3 Å². The molecule has 2 aromatic rings. The Balaban J connectivity index is 1.77. The third-order valence-electron chi connectivity index (χ3n) is 3.02. The maximum atomic E-state index is 11.8. The van der Waals surface area contributed by atoms with Gasteiger partial charge in [-0.25, -0.2) is 0 Å². The van der Waals surface area contributed by atoms with Crippen molar-refractivity contribution in [2.75, 3.05) is 12.3 Å². The lowest BCUT2D eigenvalue weighted by Crippen LogP contribution is -2.36. The van der Waals surface area contributed by atoms with Crippen LogP contribution in [-0.2, 0) is 11.3 Å². The first-order valence-electron chi connectivity index (χ1n) is 6.48. The minimum atomic E-state index is -0.295. The lowest BCUT2D eigenvalue weighted by molar-refractivity contribution is -0.120. The highest BCUT2D eigenvalue weighted by Gasteiger charge is 2.08. The zero-order chi connectivity index (χ0) is 15.2. The number of amides is 2. The summed E-state index contributed by atoms with van der Waals surface area (Å²) < 4.78 is 0. The molecule has 0 aliphatic carbocycles. The van der Waals surface area contributed by atoms with Gasteiger partial charge in [-0.3, -0.25) is 9.59 Å². The Morgan fingerprint density at radius 1 is 1.14 bits per heavy atom. The van der Waals surface area contributed by atoms with Crippen molar-refractivity contribution in [2.24, 2.45) is 0 Å². The Kier molecular flexibility index (Phi) is 4.94. The maximum absolute atomic E-state index is 11.8. The zero-order valence-electron chi connectivity index (χ0n) is 11.7. The molecule has 6 heteroatoms. The molecule has 110 valence electrons. The fraction of sp³-hybridized carbons (Fsp3) is 0.200. The quantitative estimate of drug-likeness (QED) is 0.735. The minimum Gasteiger partial charge on any atom is -0.399 e. The molecule has 0 aliphatic heterocycles. The van der Waals surface area contributed by atoms with E-state index in [9.17, 15) is 9.59 Å². The predicted octanol–water partition coefficient (Wildman–Crippen LogP) is 1.68. The SMILES string of the molecule is Cc1cscc1CNC(=O)CNC(=O)c1ccc(N)cc1. The fourth-order valence-electron chi connectivity index (χ4n) is 1.72. The topological polar surface area (TPSA) is 84.2 Å². The van der Waals surface area contributed by atoms with Crippen LogP contribution in [0.2, 0.25) is 0 Å². The Bertz CT molecular complexity index is 635. The highest BCUT2D eigenvalue weighted by Crippen LogP contribution is 2.12. The van der Waals surface area contributed by atoms with Crippen molar-refractivity contribution in [1.82, 2.24) is 10.6 Å². The van der Waals surface area contributed by atoms with Crippen LogP contribution in [0, 0.1) is 6.92 Å². The molecule has 1 aromatic carbocycles. The molecule has 2 amide bonds. The third kappa shape index (κ3) is 4.32. The van der Waals surface area contributed by atoms with Gasteiger partial charge < -0.3 is 16.4 Å². The summed E-state index contributed by atoms with van der Waals surface area (Å²) >= 11 is 1.60. The van der Waals surface area contributed by atoms with Gasteiger partial charge in [0.25, 0.3) is 5.91 Å². The second-order valence-electron chi connectivity index (χ2n) is 4.66. The van der Waals surface area contributed by atoms with Crippen molar-refractivity contribution in [3.05, 3.63) is 51.7 Å². The van der Waals surface area contributed by atoms with Crippen molar-refractivity contribution in [2.45, 2.75) is 13.5 Å². The van der Waals surface area contributed by atoms with E-state index in [1.807, 2.05) is 17.7 Å². The molecule has 0 bridgehead atoms. The molecule has 0 fully saturated rings. The average Bonchev–Trinajstić information content (AvgIpc) is 2.88. The molecule has 0 atom stereocenters. The van der Waals surface area contributed by atoms with Crippen molar-refractivity contribution in [3.63, 3.8) is 0 Å². The summed E-state index contributed by atoms with van der Waals surface area (Å²) in [5.74, 6) is -0.513. The standard InChI is InChI=1S/C15H17N3O2S/c1-10-8-21-9-12(10)6-17-14(19)7-18-15(20)11-2-4-13(16)5-3-11/h2-5,8-9H,6-7,16H2,1H3,(H,17,19)(H,18,20). The van der Waals surface area contributed by atoms with Gasteiger partial charge in [-0.05, 0) is 53.1 Å². The van der Waals surface area contributed by atoms with Crippen molar-refractivity contribution >= 4 is 28.8 Å². The summed E-state index contributed by atoms with van der Waals surface area (Å²) in [4.78, 5) is 23.5. The summed E-state index contributed by atoms with van der Waals surface area (Å²) in [7, 11) is 0. The van der Waals surface area contributed by atoms with Gasteiger partial charge >= 0.3 is 0 Å². The summed E-state index contributed by atoms with van der Waals surface area (Å²) in [6.45, 7) is 2.43. The van der Waals surface area contributed by atoms with E-state index in [2.05, 4.69) is 10.6 Å². The molecule has 0 radical (unpaired) electrons. The molecule has 5 nitrogen and oxygen atoms in total. The van der Waals surface area contributed by atoms with Gasteiger partial charge in [-0.15, -0.1) is 0 Å². The number of nitrogens with two attached hydrogens (primary N) is 1. The monoisotopic (exact) mass is 303 g/mol. The number of nitrogens with one attached hydrogen (secondary N) is 2. The zero-order valence-corrected chi connectivity index (χ0v) is 12.5. The molecule has 0 aliphatic rings. The van der Waals surface area contributed by atoms with E-state index in [4.69, 9.17) is 5.73 Å². The number of aryl methyl sites for hydroxylation is 1. The number of rotatable bonds is 5. The number of anilines is 1. The number of carbonyl (C=O) groups is 2. The molecule has 21 heavy (non-hydrogen) atoms. The van der Waals surface area contributed by atoms with Crippen molar-refractivity contribution < 1.29 is 9.59 Å². The van der Waals surface area contributed by atoms with Gasteiger partial charge in [0.2, 0.25) is 5.91 Å². The second kappa shape index (κ2) is 6.90. The van der Waals surface area contributed by atoms with Crippen LogP contribution in [0.15, 0.2) is 35.0 Å². The van der Waals surface area contributed by atoms with Crippen LogP contribution in [0.25, 0.3) is 0 Å². The number of nitrogen functional groups attached to an aromatic ring is 1. The molecule has 2 rings (SSSR count). The van der Waals surface area contributed by atoms with Crippen LogP contribution in [0.1, 0.15) is 21.5 Å². The van der Waals surface area contributed by atoms with Crippen molar-refractivity contribution in [3.8, 4) is 0 Å². The summed E-state index contributed by atoms with van der Waals surface area (Å²) in [5.41, 5.74) is 8.88. The normalized spacial score (nSPS) is 10.1. The van der Waals surface area contributed by atoms with Gasteiger partial charge in [-0.1, -0.05) is 0 Å². The molecule has 1 aromatic heterocycles. The van der Waals surface area contributed by atoms with Gasteiger partial charge in [0.05, 0.1) is 6.54 Å². The molecule has 0 saturated heterocycles. The Morgan fingerprint density at radius 3 is 2.48 bits per heavy atom. The fourth-order valence-corrected chi connectivity index (χ4v) is 2.58. The summed E-state index contributed by atoms with van der Waals surface area (Å²) in [6.07, 6.45) is 0. The van der Waals surface area contributed by atoms with Crippen LogP contribution in [0.3, 0.4) is 0 Å². The molecule has 1 heterocycles. The number of carbonyl (C=O) groups excluding carboxylic acids is 2. The van der Waals surface area contributed by atoms with Crippen molar-refractivity contribution in [1.29, 1.82) is 0 Å². The molecule has 4 N–H and O–H groups in total. The number of benzene rings is 1. The summed E-state index contributed by atoms with van der Waals surface area (Å²) in [5, 5.41) is 9.38. The summed E-state index contributed by atoms with van der Waals surface area (Å²) in [6, 6.07) is 6.54. The molecular weight excluding hydrogens is 286 g/mol. The number of thiophene rings is 1. The predicted molar refractivity (Wildman–Crippen MR) is 84.1 cm³/mol. The molecular formula is C15H17N3O2S. The van der Waals surface area contributed by atoms with E-state index in [1.54, 1.807) is 35.6 Å². The Hall–Kier alpha value is -2.34. The highest BCUT2D eigenvalue weighted by molar-refractivity contribution is 7.08. The van der Waals surface area contributed by atoms with Crippen LogP contribution >= 0.6 is 11.3 Å². The Labute approximate surface area is 127 Å². The van der Waals surface area contributed by atoms with E-state index >= 15 is 0 Å². The van der Waals surface area contributed by atoms with Crippen LogP contribution in [0.5, 0.6) is 0 Å². The van der Waals surface area contributed by atoms with E-state index in [0.29, 0.717) is 17.8 Å². The lowest BCUT2D eigenvalue weighted by Gasteiger charge is -2.07. The van der Waals surface area contributed by atoms with Gasteiger partial charge in [0.15, 0.2) is 0 Å². The van der Waals surface area contributed by atoms with Crippen LogP contribution < -0.4 is 16.4 Å². The van der Waals surface area contributed by atoms with Gasteiger partial charge in [0.1, 0.15) is 0 Å². The average molecular weight is 303 g/mol. The Morgan fingerprint density at radius 2 is 1.86 bits per heavy atom. The second-order valence-corrected chi connectivity index (χ2v) is 5.41. The molecule has 0 saturated carbocycles. The maximum Gasteiger partial charge on any atom is 0.251 e. The minimum absolute atomic E-state index is 0.0492. The van der Waals surface area contributed by atoms with E-state index < -0.39 is 0 Å². The van der Waals surface area contributed by atoms with E-state index in [1.165, 1.54) is 0 Å². The molecule has 0 unspecified atom stereocenters. The highest BCUT2D eigenvalue weighted by atomic mass is 32.1.